The molecule has 31 heavy (non-hydrogen) atoms. The van der Waals surface area contributed by atoms with Crippen LogP contribution in [0.3, 0.4) is 0 Å². The molecular weight excluding hydrogens is 393 g/mol. The number of aromatic hydroxyl groups is 1. The smallest absolute Gasteiger partial charge is 0.145 e. The maximum absolute atomic E-state index is 12.5. The van der Waals surface area contributed by atoms with Gasteiger partial charge in [0, 0.05) is 31.1 Å². The molecular formula is C26H32FNO3. The lowest BCUT2D eigenvalue weighted by atomic mass is 9.85. The number of rotatable bonds is 8. The summed E-state index contributed by atoms with van der Waals surface area (Å²) < 4.78 is 24.8. The SMILES string of the molecule is CC1=C(CC(C)C)C(c2ccc(OCCN3CC(CF)C3)cc2)Oc2ccc(O)cc21. The van der Waals surface area contributed by atoms with Crippen LogP contribution >= 0.6 is 0 Å². The average Bonchev–Trinajstić information content (AvgIpc) is 2.72. The van der Waals surface area contributed by atoms with Crippen molar-refractivity contribution in [2.75, 3.05) is 32.9 Å². The number of likely N-dealkylation sites (tertiary alicyclic amines) is 1. The van der Waals surface area contributed by atoms with Crippen molar-refractivity contribution in [2.45, 2.75) is 33.3 Å². The van der Waals surface area contributed by atoms with E-state index in [2.05, 4.69) is 37.8 Å². The van der Waals surface area contributed by atoms with E-state index in [0.29, 0.717) is 12.5 Å². The Bertz CT molecular complexity index is 932. The summed E-state index contributed by atoms with van der Waals surface area (Å²) in [6.45, 7) is 9.41. The number of allylic oxidation sites excluding steroid dienone is 1. The second-order valence-electron chi connectivity index (χ2n) is 9.12. The molecule has 0 spiro atoms. The number of hydrogen-bond acceptors (Lipinski definition) is 4. The first-order valence-corrected chi connectivity index (χ1v) is 11.2. The van der Waals surface area contributed by atoms with Crippen LogP contribution in [0.2, 0.25) is 0 Å². The number of halogens is 1. The summed E-state index contributed by atoms with van der Waals surface area (Å²) in [5.41, 5.74) is 4.49. The van der Waals surface area contributed by atoms with Crippen LogP contribution in [-0.2, 0) is 0 Å². The summed E-state index contributed by atoms with van der Waals surface area (Å²) in [4.78, 5) is 2.22. The second kappa shape index (κ2) is 9.31. The third kappa shape index (κ3) is 4.87. The zero-order valence-electron chi connectivity index (χ0n) is 18.6. The standard InChI is InChI=1S/C26H32FNO3/c1-17(2)12-24-18(3)23-13-21(29)6-9-25(23)31-26(24)20-4-7-22(8-5-20)30-11-10-28-15-19(14-27)16-28/h4-9,13,17,19,26,29H,10-12,14-16H2,1-3H3. The fourth-order valence-electron chi connectivity index (χ4n) is 4.44. The van der Waals surface area contributed by atoms with Gasteiger partial charge in [-0.15, -0.1) is 0 Å². The van der Waals surface area contributed by atoms with Gasteiger partial charge in [-0.2, -0.15) is 0 Å². The van der Waals surface area contributed by atoms with Crippen molar-refractivity contribution < 1.29 is 19.0 Å². The Kier molecular flexibility index (Phi) is 6.51. The van der Waals surface area contributed by atoms with Crippen LogP contribution in [0.1, 0.15) is 44.4 Å². The molecule has 1 fully saturated rings. The zero-order chi connectivity index (χ0) is 22.0. The summed E-state index contributed by atoms with van der Waals surface area (Å²) in [7, 11) is 0. The minimum absolute atomic E-state index is 0.146. The van der Waals surface area contributed by atoms with Crippen LogP contribution in [-0.4, -0.2) is 42.9 Å². The van der Waals surface area contributed by atoms with Crippen LogP contribution in [0.15, 0.2) is 48.0 Å². The molecule has 2 aliphatic heterocycles. The molecule has 4 rings (SSSR count). The largest absolute Gasteiger partial charge is 0.508 e. The van der Waals surface area contributed by atoms with E-state index in [0.717, 1.165) is 48.7 Å². The van der Waals surface area contributed by atoms with Gasteiger partial charge in [-0.1, -0.05) is 26.0 Å². The lowest BCUT2D eigenvalue weighted by Gasteiger charge is -2.37. The van der Waals surface area contributed by atoms with Crippen molar-refractivity contribution in [3.05, 3.63) is 59.2 Å². The molecule has 4 nitrogen and oxygen atoms in total. The van der Waals surface area contributed by atoms with Crippen LogP contribution < -0.4 is 9.47 Å². The lowest BCUT2D eigenvalue weighted by molar-refractivity contribution is 0.0668. The van der Waals surface area contributed by atoms with Crippen LogP contribution in [0.25, 0.3) is 5.57 Å². The Hall–Kier alpha value is -2.53. The quantitative estimate of drug-likeness (QED) is 0.596. The third-order valence-corrected chi connectivity index (χ3v) is 6.15. The van der Waals surface area contributed by atoms with E-state index >= 15 is 0 Å². The summed E-state index contributed by atoms with van der Waals surface area (Å²) in [6, 6.07) is 13.4. The highest BCUT2D eigenvalue weighted by atomic mass is 19.1. The van der Waals surface area contributed by atoms with Gasteiger partial charge in [-0.3, -0.25) is 9.29 Å². The molecule has 0 aromatic heterocycles. The number of ether oxygens (including phenoxy) is 2. The van der Waals surface area contributed by atoms with Crippen molar-refractivity contribution >= 4 is 5.57 Å². The zero-order valence-corrected chi connectivity index (χ0v) is 18.6. The molecule has 0 aliphatic carbocycles. The second-order valence-corrected chi connectivity index (χ2v) is 9.12. The van der Waals surface area contributed by atoms with Crippen molar-refractivity contribution in [2.24, 2.45) is 11.8 Å². The van der Waals surface area contributed by atoms with Crippen molar-refractivity contribution in [1.82, 2.24) is 4.90 Å². The summed E-state index contributed by atoms with van der Waals surface area (Å²) in [5, 5.41) is 9.93. The number of phenols is 1. The summed E-state index contributed by atoms with van der Waals surface area (Å²) in [6.07, 6.45) is 0.784. The van der Waals surface area contributed by atoms with Crippen LogP contribution in [0.5, 0.6) is 17.2 Å². The third-order valence-electron chi connectivity index (χ3n) is 6.15. The number of fused-ring (bicyclic) bond motifs is 1. The summed E-state index contributed by atoms with van der Waals surface area (Å²) >= 11 is 0. The van der Waals surface area contributed by atoms with Crippen LogP contribution in [0, 0.1) is 11.8 Å². The Morgan fingerprint density at radius 1 is 1.16 bits per heavy atom. The van der Waals surface area contributed by atoms with E-state index in [1.165, 1.54) is 11.1 Å². The van der Waals surface area contributed by atoms with E-state index in [-0.39, 0.29) is 24.4 Å². The fraction of sp³-hybridized carbons (Fsp3) is 0.462. The molecule has 0 saturated carbocycles. The molecule has 2 aromatic carbocycles. The van der Waals surface area contributed by atoms with Crippen molar-refractivity contribution in [3.8, 4) is 17.2 Å². The normalized spacial score (nSPS) is 19.2. The van der Waals surface area contributed by atoms with E-state index in [1.54, 1.807) is 12.1 Å². The van der Waals surface area contributed by atoms with E-state index < -0.39 is 0 Å². The maximum Gasteiger partial charge on any atom is 0.145 e. The molecule has 1 unspecified atom stereocenters. The lowest BCUT2D eigenvalue weighted by Crippen LogP contribution is -2.49. The van der Waals surface area contributed by atoms with Gasteiger partial charge in [0.05, 0.1) is 6.67 Å². The number of benzene rings is 2. The Morgan fingerprint density at radius 2 is 1.90 bits per heavy atom. The van der Waals surface area contributed by atoms with E-state index in [4.69, 9.17) is 9.47 Å². The molecule has 166 valence electrons. The molecule has 2 aliphatic rings. The number of alkyl halides is 1. The summed E-state index contributed by atoms with van der Waals surface area (Å²) in [5.74, 6) is 2.59. The number of nitrogens with zero attached hydrogens (tertiary/aromatic N) is 1. The molecule has 1 saturated heterocycles. The van der Waals surface area contributed by atoms with Crippen molar-refractivity contribution in [3.63, 3.8) is 0 Å². The Morgan fingerprint density at radius 3 is 2.58 bits per heavy atom. The highest BCUT2D eigenvalue weighted by Crippen LogP contribution is 2.45. The molecule has 1 atom stereocenters. The molecule has 1 N–H and O–H groups in total. The molecule has 5 heteroatoms. The minimum Gasteiger partial charge on any atom is -0.508 e. The highest BCUT2D eigenvalue weighted by molar-refractivity contribution is 5.75. The first-order chi connectivity index (χ1) is 14.9. The van der Waals surface area contributed by atoms with Gasteiger partial charge in [0.1, 0.15) is 30.0 Å². The van der Waals surface area contributed by atoms with Crippen molar-refractivity contribution in [1.29, 1.82) is 0 Å². The minimum atomic E-state index is -0.222. The van der Waals surface area contributed by atoms with Gasteiger partial charge >= 0.3 is 0 Å². The van der Waals surface area contributed by atoms with Gasteiger partial charge in [-0.05, 0) is 66.3 Å². The molecule has 2 aromatic rings. The van der Waals surface area contributed by atoms with Crippen LogP contribution in [0.4, 0.5) is 4.39 Å². The van der Waals surface area contributed by atoms with Gasteiger partial charge in [0.25, 0.3) is 0 Å². The predicted octanol–water partition coefficient (Wildman–Crippen LogP) is 5.63. The predicted molar refractivity (Wildman–Crippen MR) is 121 cm³/mol. The Balaban J connectivity index is 1.46. The molecule has 0 bridgehead atoms. The van der Waals surface area contributed by atoms with Gasteiger partial charge in [0.2, 0.25) is 0 Å². The first-order valence-electron chi connectivity index (χ1n) is 11.2. The number of hydrogen-bond donors (Lipinski definition) is 1. The maximum atomic E-state index is 12.5. The van der Waals surface area contributed by atoms with Gasteiger partial charge in [-0.25, -0.2) is 0 Å². The Labute approximate surface area is 184 Å². The fourth-order valence-corrected chi connectivity index (χ4v) is 4.44. The van der Waals surface area contributed by atoms with E-state index in [9.17, 15) is 9.50 Å². The van der Waals surface area contributed by atoms with E-state index in [1.807, 2.05) is 18.2 Å². The first kappa shape index (κ1) is 21.7. The monoisotopic (exact) mass is 425 g/mol. The molecule has 0 amide bonds. The molecule has 0 radical (unpaired) electrons. The highest BCUT2D eigenvalue weighted by Gasteiger charge is 2.29. The van der Waals surface area contributed by atoms with Gasteiger partial charge < -0.3 is 14.6 Å². The topological polar surface area (TPSA) is 41.9 Å². The average molecular weight is 426 g/mol. The van der Waals surface area contributed by atoms with Gasteiger partial charge in [0.15, 0.2) is 0 Å². The number of phenolic OH excluding ortho intramolecular Hbond substituents is 1. The molecule has 2 heterocycles.